The van der Waals surface area contributed by atoms with Gasteiger partial charge in [0.2, 0.25) is 0 Å². The molecular weight excluding hydrogens is 244 g/mol. The van der Waals surface area contributed by atoms with Crippen LogP contribution in [-0.2, 0) is 4.79 Å². The third-order valence-electron chi connectivity index (χ3n) is 3.16. The molecule has 2 rings (SSSR count). The van der Waals surface area contributed by atoms with E-state index in [0.29, 0.717) is 10.9 Å². The Morgan fingerprint density at radius 3 is 2.42 bits per heavy atom. The third-order valence-corrected chi connectivity index (χ3v) is 3.16. The van der Waals surface area contributed by atoms with E-state index in [1.54, 1.807) is 24.3 Å². The van der Waals surface area contributed by atoms with Crippen LogP contribution in [0.15, 0.2) is 33.9 Å². The molecule has 2 aromatic rings. The Bertz CT molecular complexity index is 740. The first-order chi connectivity index (χ1) is 8.93. The highest BCUT2D eigenvalue weighted by Gasteiger charge is 2.24. The third kappa shape index (κ3) is 2.23. The number of nitrogens with one attached hydrogen (secondary N) is 1. The number of para-hydroxylation sites is 1. The summed E-state index contributed by atoms with van der Waals surface area (Å²) >= 11 is 0. The molecule has 0 aliphatic rings. The zero-order valence-electron chi connectivity index (χ0n) is 11.1. The fourth-order valence-corrected chi connectivity index (χ4v) is 2.38. The Labute approximate surface area is 109 Å². The molecule has 1 heterocycles. The Morgan fingerprint density at radius 1 is 1.21 bits per heavy atom. The number of fused-ring (bicyclic) bond motifs is 1. The van der Waals surface area contributed by atoms with Gasteiger partial charge in [-0.2, -0.15) is 0 Å². The molecule has 0 saturated heterocycles. The Balaban J connectivity index is 2.84. The van der Waals surface area contributed by atoms with Crippen molar-refractivity contribution in [1.82, 2.24) is 9.55 Å². The van der Waals surface area contributed by atoms with Crippen LogP contribution >= 0.6 is 0 Å². The van der Waals surface area contributed by atoms with Crippen LogP contribution in [0.25, 0.3) is 10.9 Å². The number of carbonyl (C=O) groups is 1. The maximum absolute atomic E-state index is 12.4. The summed E-state index contributed by atoms with van der Waals surface area (Å²) in [6.07, 6.45) is 0. The van der Waals surface area contributed by atoms with E-state index in [4.69, 9.17) is 0 Å². The van der Waals surface area contributed by atoms with Crippen molar-refractivity contribution in [3.63, 3.8) is 0 Å². The van der Waals surface area contributed by atoms with Gasteiger partial charge in [-0.3, -0.25) is 9.59 Å². The number of benzene rings is 1. The van der Waals surface area contributed by atoms with E-state index >= 15 is 0 Å². The Hall–Kier alpha value is -2.17. The van der Waals surface area contributed by atoms with Gasteiger partial charge in [0, 0.05) is 0 Å². The highest BCUT2D eigenvalue weighted by molar-refractivity contribution is 5.81. The second-order valence-corrected chi connectivity index (χ2v) is 4.95. The van der Waals surface area contributed by atoms with Crippen LogP contribution in [0, 0.1) is 5.92 Å². The molecule has 0 fully saturated rings. The van der Waals surface area contributed by atoms with Gasteiger partial charge in [-0.15, -0.1) is 0 Å². The molecule has 1 atom stereocenters. The summed E-state index contributed by atoms with van der Waals surface area (Å²) in [5.41, 5.74) is -0.481. The van der Waals surface area contributed by atoms with Crippen molar-refractivity contribution in [3.8, 4) is 0 Å². The number of H-pyrrole nitrogens is 1. The topological polar surface area (TPSA) is 71.9 Å². The highest BCUT2D eigenvalue weighted by Crippen LogP contribution is 2.16. The predicted octanol–water partition coefficient (Wildman–Crippen LogP) is 1.48. The smallest absolute Gasteiger partial charge is 0.307 e. The van der Waals surface area contributed by atoms with Crippen molar-refractivity contribution in [2.45, 2.75) is 26.8 Å². The quantitative estimate of drug-likeness (QED) is 0.908. The highest BCUT2D eigenvalue weighted by atomic mass is 16.2. The van der Waals surface area contributed by atoms with Crippen molar-refractivity contribution < 1.29 is 4.79 Å². The summed E-state index contributed by atoms with van der Waals surface area (Å²) < 4.78 is 1.02. The van der Waals surface area contributed by atoms with Crippen LogP contribution in [0.3, 0.4) is 0 Å². The monoisotopic (exact) mass is 260 g/mol. The Kier molecular flexibility index (Phi) is 3.38. The van der Waals surface area contributed by atoms with Crippen LogP contribution in [0.1, 0.15) is 26.8 Å². The van der Waals surface area contributed by atoms with Crippen LogP contribution < -0.4 is 11.2 Å². The van der Waals surface area contributed by atoms with Crippen molar-refractivity contribution in [2.75, 3.05) is 0 Å². The number of aromatic amines is 1. The normalized spacial score (nSPS) is 12.8. The number of rotatable bonds is 3. The van der Waals surface area contributed by atoms with E-state index in [9.17, 15) is 14.4 Å². The minimum Gasteiger partial charge on any atom is -0.307 e. The van der Waals surface area contributed by atoms with Crippen LogP contribution in [-0.4, -0.2) is 15.3 Å². The van der Waals surface area contributed by atoms with Crippen LogP contribution in [0.4, 0.5) is 0 Å². The minimum absolute atomic E-state index is 0.127. The molecule has 0 amide bonds. The van der Waals surface area contributed by atoms with Gasteiger partial charge < -0.3 is 4.98 Å². The minimum atomic E-state index is -0.735. The summed E-state index contributed by atoms with van der Waals surface area (Å²) in [5.74, 6) is -0.324. The van der Waals surface area contributed by atoms with Crippen molar-refractivity contribution in [1.29, 1.82) is 0 Å². The molecule has 1 aromatic carbocycles. The summed E-state index contributed by atoms with van der Waals surface area (Å²) in [6.45, 7) is 5.02. The lowest BCUT2D eigenvalue weighted by Crippen LogP contribution is -2.42. The number of hydrogen-bond donors (Lipinski definition) is 1. The average molecular weight is 260 g/mol. The van der Waals surface area contributed by atoms with Gasteiger partial charge in [-0.1, -0.05) is 26.0 Å². The number of ketones is 1. The fourth-order valence-electron chi connectivity index (χ4n) is 2.38. The lowest BCUT2D eigenvalue weighted by molar-refractivity contribution is -0.121. The fraction of sp³-hybridized carbons (Fsp3) is 0.357. The SMILES string of the molecule is CC(=O)[C@H](C(C)C)n1c(=O)[nH]c2ccccc2c1=O. The van der Waals surface area contributed by atoms with E-state index in [1.807, 2.05) is 13.8 Å². The zero-order valence-corrected chi connectivity index (χ0v) is 11.1. The summed E-state index contributed by atoms with van der Waals surface area (Å²) in [4.78, 5) is 38.8. The number of hydrogen-bond acceptors (Lipinski definition) is 3. The van der Waals surface area contributed by atoms with E-state index in [1.165, 1.54) is 6.92 Å². The molecule has 5 nitrogen and oxygen atoms in total. The molecule has 1 aromatic heterocycles. The largest absolute Gasteiger partial charge is 0.329 e. The van der Waals surface area contributed by atoms with E-state index < -0.39 is 17.3 Å². The van der Waals surface area contributed by atoms with Gasteiger partial charge in [0.05, 0.1) is 10.9 Å². The number of nitrogens with zero attached hydrogens (tertiary/aromatic N) is 1. The zero-order chi connectivity index (χ0) is 14.2. The van der Waals surface area contributed by atoms with Gasteiger partial charge in [-0.25, -0.2) is 9.36 Å². The van der Waals surface area contributed by atoms with Crippen LogP contribution in [0.2, 0.25) is 0 Å². The first kappa shape index (κ1) is 13.3. The lowest BCUT2D eigenvalue weighted by atomic mass is 10.0. The van der Waals surface area contributed by atoms with Gasteiger partial charge in [0.25, 0.3) is 5.56 Å². The summed E-state index contributed by atoms with van der Waals surface area (Å²) in [7, 11) is 0. The molecule has 100 valence electrons. The molecule has 5 heteroatoms. The molecule has 0 bridgehead atoms. The van der Waals surface area contributed by atoms with E-state index in [0.717, 1.165) is 4.57 Å². The number of aromatic nitrogens is 2. The molecule has 0 saturated carbocycles. The first-order valence-corrected chi connectivity index (χ1v) is 6.17. The molecule has 0 radical (unpaired) electrons. The molecule has 0 aliphatic carbocycles. The number of Topliss-reactive ketones (excluding diaryl/α,β-unsaturated/α-hetero) is 1. The van der Waals surface area contributed by atoms with E-state index in [2.05, 4.69) is 4.98 Å². The molecule has 0 aliphatic heterocycles. The number of carbonyl (C=O) groups excluding carboxylic acids is 1. The van der Waals surface area contributed by atoms with Crippen molar-refractivity contribution in [2.24, 2.45) is 5.92 Å². The molecule has 0 spiro atoms. The van der Waals surface area contributed by atoms with Gasteiger partial charge in [-0.05, 0) is 25.0 Å². The Morgan fingerprint density at radius 2 is 1.84 bits per heavy atom. The van der Waals surface area contributed by atoms with Crippen molar-refractivity contribution in [3.05, 3.63) is 45.1 Å². The molecular formula is C14H16N2O3. The average Bonchev–Trinajstić information content (AvgIpc) is 2.33. The van der Waals surface area contributed by atoms with Gasteiger partial charge in [0.15, 0.2) is 5.78 Å². The summed E-state index contributed by atoms with van der Waals surface area (Å²) in [6, 6.07) is 6.04. The van der Waals surface area contributed by atoms with Crippen molar-refractivity contribution >= 4 is 16.7 Å². The molecule has 0 unspecified atom stereocenters. The summed E-state index contributed by atoms with van der Waals surface area (Å²) in [5, 5.41) is 0.411. The van der Waals surface area contributed by atoms with Gasteiger partial charge >= 0.3 is 5.69 Å². The molecule has 19 heavy (non-hydrogen) atoms. The maximum atomic E-state index is 12.4. The maximum Gasteiger partial charge on any atom is 0.329 e. The standard InChI is InChI=1S/C14H16N2O3/c1-8(2)12(9(3)17)16-13(18)10-6-4-5-7-11(10)15-14(16)19/h4-8,12H,1-3H3,(H,15,19)/t12-/m0/s1. The second-order valence-electron chi connectivity index (χ2n) is 4.95. The lowest BCUT2D eigenvalue weighted by Gasteiger charge is -2.19. The first-order valence-electron chi connectivity index (χ1n) is 6.17. The predicted molar refractivity (Wildman–Crippen MR) is 73.4 cm³/mol. The van der Waals surface area contributed by atoms with Gasteiger partial charge in [0.1, 0.15) is 6.04 Å². The van der Waals surface area contributed by atoms with E-state index in [-0.39, 0.29) is 11.7 Å². The van der Waals surface area contributed by atoms with Crippen LogP contribution in [0.5, 0.6) is 0 Å². The molecule has 1 N–H and O–H groups in total. The second kappa shape index (κ2) is 4.84.